The molecule has 1 aromatic rings. The summed E-state index contributed by atoms with van der Waals surface area (Å²) in [5.41, 5.74) is 7.79. The molecule has 4 heteroatoms. The number of carbonyl (C=O) groups is 1. The molecule has 0 heterocycles. The first-order valence-corrected chi connectivity index (χ1v) is 7.08. The Morgan fingerprint density at radius 1 is 1.39 bits per heavy atom. The lowest BCUT2D eigenvalue weighted by molar-refractivity contribution is -0.120. The molecule has 1 atom stereocenters. The maximum atomic E-state index is 11.9. The first-order valence-electron chi connectivity index (χ1n) is 6.20. The van der Waals surface area contributed by atoms with Crippen molar-refractivity contribution in [1.29, 1.82) is 0 Å². The van der Waals surface area contributed by atoms with Crippen LogP contribution in [0.3, 0.4) is 0 Å². The summed E-state index contributed by atoms with van der Waals surface area (Å²) in [7, 11) is 0. The van der Waals surface area contributed by atoms with Gasteiger partial charge in [-0.2, -0.15) is 0 Å². The summed E-state index contributed by atoms with van der Waals surface area (Å²) in [5, 5.41) is 2.80. The quantitative estimate of drug-likeness (QED) is 0.636. The van der Waals surface area contributed by atoms with Crippen molar-refractivity contribution in [3.05, 3.63) is 23.8 Å². The molecule has 1 amide bonds. The molecule has 3 N–H and O–H groups in total. The second-order valence-electron chi connectivity index (χ2n) is 4.94. The molecule has 0 spiro atoms. The normalized spacial score (nSPS) is 12.5. The Bertz CT molecular complexity index is 418. The first-order chi connectivity index (χ1) is 8.40. The van der Waals surface area contributed by atoms with E-state index in [4.69, 9.17) is 5.73 Å². The number of carbonyl (C=O) groups excluding carboxylic acids is 1. The molecule has 1 rings (SSSR count). The molecule has 0 bridgehead atoms. The van der Waals surface area contributed by atoms with E-state index in [-0.39, 0.29) is 11.2 Å². The van der Waals surface area contributed by atoms with Gasteiger partial charge in [0.2, 0.25) is 5.91 Å². The van der Waals surface area contributed by atoms with Gasteiger partial charge in [-0.25, -0.2) is 0 Å². The average Bonchev–Trinajstić information content (AvgIpc) is 2.30. The fourth-order valence-corrected chi connectivity index (χ4v) is 2.47. The zero-order valence-corrected chi connectivity index (χ0v) is 12.3. The molecule has 100 valence electrons. The predicted molar refractivity (Wildman–Crippen MR) is 78.8 cm³/mol. The minimum absolute atomic E-state index is 0.0645. The van der Waals surface area contributed by atoms with Crippen LogP contribution in [-0.4, -0.2) is 17.7 Å². The maximum absolute atomic E-state index is 11.9. The summed E-state index contributed by atoms with van der Waals surface area (Å²) in [6.45, 7) is 8.80. The van der Waals surface area contributed by atoms with Crippen LogP contribution >= 0.6 is 11.8 Å². The molecular formula is C14H22N2OS. The van der Waals surface area contributed by atoms with Crippen LogP contribution in [0.1, 0.15) is 26.3 Å². The van der Waals surface area contributed by atoms with Gasteiger partial charge < -0.3 is 11.1 Å². The number of hydrogen-bond acceptors (Lipinski definition) is 3. The van der Waals surface area contributed by atoms with Gasteiger partial charge in [-0.1, -0.05) is 19.9 Å². The van der Waals surface area contributed by atoms with E-state index in [1.165, 1.54) is 11.8 Å². The van der Waals surface area contributed by atoms with Crippen molar-refractivity contribution >= 4 is 23.4 Å². The second kappa shape index (κ2) is 6.69. The molecule has 18 heavy (non-hydrogen) atoms. The van der Waals surface area contributed by atoms with Crippen LogP contribution in [0.25, 0.3) is 0 Å². The number of nitrogen functional groups attached to an aromatic ring is 1. The molecule has 0 aliphatic carbocycles. The van der Waals surface area contributed by atoms with Crippen molar-refractivity contribution in [3.63, 3.8) is 0 Å². The Kier molecular flexibility index (Phi) is 5.54. The Balaban J connectivity index is 2.60. The molecule has 0 saturated heterocycles. The lowest BCUT2D eigenvalue weighted by Gasteiger charge is -2.14. The number of thioether (sulfide) groups is 1. The molecule has 0 fully saturated rings. The summed E-state index contributed by atoms with van der Waals surface area (Å²) in [4.78, 5) is 12.8. The SMILES string of the molecule is Cc1ccc(N)c(SC(C)C(=O)NCC(C)C)c1. The minimum atomic E-state index is -0.132. The number of nitrogens with two attached hydrogens (primary N) is 1. The Labute approximate surface area is 114 Å². The van der Waals surface area contributed by atoms with Gasteiger partial charge in [-0.15, -0.1) is 11.8 Å². The number of hydrogen-bond donors (Lipinski definition) is 2. The highest BCUT2D eigenvalue weighted by molar-refractivity contribution is 8.00. The van der Waals surface area contributed by atoms with E-state index in [0.29, 0.717) is 12.5 Å². The molecule has 0 aliphatic heterocycles. The topological polar surface area (TPSA) is 55.1 Å². The lowest BCUT2D eigenvalue weighted by atomic mass is 10.2. The lowest BCUT2D eigenvalue weighted by Crippen LogP contribution is -2.33. The van der Waals surface area contributed by atoms with E-state index in [2.05, 4.69) is 19.2 Å². The van der Waals surface area contributed by atoms with Crippen molar-refractivity contribution in [2.45, 2.75) is 37.8 Å². The third-order valence-electron chi connectivity index (χ3n) is 2.53. The highest BCUT2D eigenvalue weighted by atomic mass is 32.2. The monoisotopic (exact) mass is 266 g/mol. The third-order valence-corrected chi connectivity index (χ3v) is 3.70. The van der Waals surface area contributed by atoms with Crippen molar-refractivity contribution in [3.8, 4) is 0 Å². The Morgan fingerprint density at radius 3 is 2.67 bits per heavy atom. The van der Waals surface area contributed by atoms with Gasteiger partial charge in [-0.3, -0.25) is 4.79 Å². The smallest absolute Gasteiger partial charge is 0.233 e. The van der Waals surface area contributed by atoms with Crippen molar-refractivity contribution in [1.82, 2.24) is 5.32 Å². The average molecular weight is 266 g/mol. The van der Waals surface area contributed by atoms with Crippen LogP contribution in [0.15, 0.2) is 23.1 Å². The fourth-order valence-electron chi connectivity index (χ4n) is 1.44. The van der Waals surface area contributed by atoms with E-state index in [0.717, 1.165) is 16.1 Å². The zero-order valence-electron chi connectivity index (χ0n) is 11.5. The standard InChI is InChI=1S/C14H22N2OS/c1-9(2)8-16-14(17)11(4)18-13-7-10(3)5-6-12(13)15/h5-7,9,11H,8,15H2,1-4H3,(H,16,17). The highest BCUT2D eigenvalue weighted by Crippen LogP contribution is 2.29. The molecule has 3 nitrogen and oxygen atoms in total. The maximum Gasteiger partial charge on any atom is 0.233 e. The van der Waals surface area contributed by atoms with Crippen molar-refractivity contribution in [2.75, 3.05) is 12.3 Å². The first kappa shape index (κ1) is 14.9. The van der Waals surface area contributed by atoms with Crippen LogP contribution in [0, 0.1) is 12.8 Å². The number of rotatable bonds is 5. The minimum Gasteiger partial charge on any atom is -0.398 e. The van der Waals surface area contributed by atoms with E-state index < -0.39 is 0 Å². The third kappa shape index (κ3) is 4.61. The summed E-state index contributed by atoms with van der Waals surface area (Å²) in [5.74, 6) is 0.532. The number of aryl methyl sites for hydroxylation is 1. The number of nitrogens with one attached hydrogen (secondary N) is 1. The molecular weight excluding hydrogens is 244 g/mol. The number of benzene rings is 1. The van der Waals surface area contributed by atoms with Crippen molar-refractivity contribution < 1.29 is 4.79 Å². The van der Waals surface area contributed by atoms with Gasteiger partial charge in [0, 0.05) is 17.1 Å². The fraction of sp³-hybridized carbons (Fsp3) is 0.500. The van der Waals surface area contributed by atoms with Crippen LogP contribution in [0.4, 0.5) is 5.69 Å². The molecule has 0 saturated carbocycles. The van der Waals surface area contributed by atoms with E-state index in [1.807, 2.05) is 32.0 Å². The van der Waals surface area contributed by atoms with Gasteiger partial charge in [0.25, 0.3) is 0 Å². The Hall–Kier alpha value is -1.16. The zero-order chi connectivity index (χ0) is 13.7. The number of anilines is 1. The molecule has 1 unspecified atom stereocenters. The van der Waals surface area contributed by atoms with Crippen LogP contribution in [-0.2, 0) is 4.79 Å². The molecule has 0 radical (unpaired) electrons. The second-order valence-corrected chi connectivity index (χ2v) is 6.32. The summed E-state index contributed by atoms with van der Waals surface area (Å²) in [6, 6.07) is 5.88. The van der Waals surface area contributed by atoms with Crippen LogP contribution in [0.2, 0.25) is 0 Å². The van der Waals surface area contributed by atoms with Gasteiger partial charge in [0.1, 0.15) is 0 Å². The van der Waals surface area contributed by atoms with E-state index >= 15 is 0 Å². The summed E-state index contributed by atoms with van der Waals surface area (Å²) < 4.78 is 0. The summed E-state index contributed by atoms with van der Waals surface area (Å²) >= 11 is 1.51. The number of amides is 1. The molecule has 1 aromatic carbocycles. The van der Waals surface area contributed by atoms with Gasteiger partial charge in [0.15, 0.2) is 0 Å². The van der Waals surface area contributed by atoms with Gasteiger partial charge >= 0.3 is 0 Å². The van der Waals surface area contributed by atoms with Crippen molar-refractivity contribution in [2.24, 2.45) is 5.92 Å². The molecule has 0 aromatic heterocycles. The summed E-state index contributed by atoms with van der Waals surface area (Å²) in [6.07, 6.45) is 0. The highest BCUT2D eigenvalue weighted by Gasteiger charge is 2.15. The van der Waals surface area contributed by atoms with Gasteiger partial charge in [0.05, 0.1) is 5.25 Å². The van der Waals surface area contributed by atoms with Crippen LogP contribution in [0.5, 0.6) is 0 Å². The largest absolute Gasteiger partial charge is 0.398 e. The van der Waals surface area contributed by atoms with E-state index in [1.54, 1.807) is 0 Å². The predicted octanol–water partition coefficient (Wildman–Crippen LogP) is 2.83. The molecule has 0 aliphatic rings. The van der Waals surface area contributed by atoms with Gasteiger partial charge in [-0.05, 0) is 37.5 Å². The van der Waals surface area contributed by atoms with Crippen LogP contribution < -0.4 is 11.1 Å². The Morgan fingerprint density at radius 2 is 2.06 bits per heavy atom. The van der Waals surface area contributed by atoms with E-state index in [9.17, 15) is 4.79 Å².